The molecule has 0 saturated carbocycles. The summed E-state index contributed by atoms with van der Waals surface area (Å²) in [5.74, 6) is -0.247. The number of nitrogens with one attached hydrogen (secondary N) is 2. The van der Waals surface area contributed by atoms with Crippen molar-refractivity contribution < 1.29 is 9.59 Å². The summed E-state index contributed by atoms with van der Waals surface area (Å²) in [6.45, 7) is 4.97. The maximum absolute atomic E-state index is 12.2. The van der Waals surface area contributed by atoms with Crippen LogP contribution in [-0.4, -0.2) is 31.4 Å². The summed E-state index contributed by atoms with van der Waals surface area (Å²) in [5, 5.41) is 6.17. The van der Waals surface area contributed by atoms with Gasteiger partial charge in [-0.25, -0.2) is 0 Å². The molecular weight excluding hydrogens is 302 g/mol. The lowest BCUT2D eigenvalue weighted by Gasteiger charge is -2.28. The zero-order chi connectivity index (χ0) is 16.6. The van der Waals surface area contributed by atoms with Gasteiger partial charge in [0.15, 0.2) is 0 Å². The van der Waals surface area contributed by atoms with Crippen LogP contribution >= 0.6 is 11.6 Å². The molecule has 0 aromatic heterocycles. The van der Waals surface area contributed by atoms with Gasteiger partial charge in [-0.3, -0.25) is 9.59 Å². The van der Waals surface area contributed by atoms with Crippen molar-refractivity contribution in [3.8, 4) is 0 Å². The predicted octanol–water partition coefficient (Wildman–Crippen LogP) is 1.95. The lowest BCUT2D eigenvalue weighted by atomic mass is 9.81. The highest BCUT2D eigenvalue weighted by Crippen LogP contribution is 2.24. The quantitative estimate of drug-likeness (QED) is 0.639. The summed E-state index contributed by atoms with van der Waals surface area (Å²) in [4.78, 5) is 24.1. The number of hydrogen-bond acceptors (Lipinski definition) is 3. The molecule has 1 aromatic rings. The SMILES string of the molecule is CCC(CC)(CN)C(=O)NCCNC(=O)c1ccc(Cl)cc1. The average molecular weight is 326 g/mol. The van der Waals surface area contributed by atoms with E-state index in [9.17, 15) is 9.59 Å². The predicted molar refractivity (Wildman–Crippen MR) is 88.9 cm³/mol. The Morgan fingerprint density at radius 3 is 2.14 bits per heavy atom. The van der Waals surface area contributed by atoms with E-state index < -0.39 is 5.41 Å². The molecule has 1 rings (SSSR count). The molecule has 0 radical (unpaired) electrons. The molecule has 0 aliphatic rings. The van der Waals surface area contributed by atoms with Crippen LogP contribution in [0.2, 0.25) is 5.02 Å². The Kier molecular flexibility index (Phi) is 7.35. The summed E-state index contributed by atoms with van der Waals surface area (Å²) in [7, 11) is 0. The molecule has 0 saturated heterocycles. The van der Waals surface area contributed by atoms with Gasteiger partial charge in [-0.05, 0) is 37.1 Å². The fourth-order valence-corrected chi connectivity index (χ4v) is 2.32. The highest BCUT2D eigenvalue weighted by Gasteiger charge is 2.32. The van der Waals surface area contributed by atoms with Crippen molar-refractivity contribution in [3.63, 3.8) is 0 Å². The van der Waals surface area contributed by atoms with Crippen molar-refractivity contribution in [2.75, 3.05) is 19.6 Å². The Balaban J connectivity index is 2.40. The van der Waals surface area contributed by atoms with E-state index in [0.717, 1.165) is 0 Å². The monoisotopic (exact) mass is 325 g/mol. The first-order valence-corrected chi connectivity index (χ1v) is 7.89. The molecule has 1 aromatic carbocycles. The van der Waals surface area contributed by atoms with E-state index in [1.54, 1.807) is 24.3 Å². The van der Waals surface area contributed by atoms with Crippen molar-refractivity contribution in [3.05, 3.63) is 34.9 Å². The van der Waals surface area contributed by atoms with Crippen molar-refractivity contribution in [1.82, 2.24) is 10.6 Å². The Labute approximate surface area is 136 Å². The van der Waals surface area contributed by atoms with Crippen LogP contribution in [0.5, 0.6) is 0 Å². The largest absolute Gasteiger partial charge is 0.354 e. The molecule has 0 unspecified atom stereocenters. The van der Waals surface area contributed by atoms with Gasteiger partial charge in [0.25, 0.3) is 5.91 Å². The Morgan fingerprint density at radius 1 is 1.09 bits per heavy atom. The number of benzene rings is 1. The highest BCUT2D eigenvalue weighted by atomic mass is 35.5. The molecule has 6 heteroatoms. The van der Waals surface area contributed by atoms with E-state index in [0.29, 0.717) is 43.1 Å². The normalized spacial score (nSPS) is 11.1. The van der Waals surface area contributed by atoms with Crippen LogP contribution in [0.1, 0.15) is 37.0 Å². The maximum atomic E-state index is 12.2. The lowest BCUT2D eigenvalue weighted by Crippen LogP contribution is -2.47. The summed E-state index contributed by atoms with van der Waals surface area (Å²) in [6, 6.07) is 6.64. The third kappa shape index (κ3) is 4.71. The minimum atomic E-state index is -0.514. The minimum Gasteiger partial charge on any atom is -0.354 e. The standard InChI is InChI=1S/C16H24ClN3O2/c1-3-16(4-2,11-18)15(22)20-10-9-19-14(21)12-5-7-13(17)8-6-12/h5-8H,3-4,9-11,18H2,1-2H3,(H,19,21)(H,20,22). The first kappa shape index (κ1) is 18.5. The van der Waals surface area contributed by atoms with Crippen LogP contribution in [0, 0.1) is 5.41 Å². The topological polar surface area (TPSA) is 84.2 Å². The van der Waals surface area contributed by atoms with Crippen LogP contribution in [0.25, 0.3) is 0 Å². The van der Waals surface area contributed by atoms with E-state index in [4.69, 9.17) is 17.3 Å². The lowest BCUT2D eigenvalue weighted by molar-refractivity contribution is -0.130. The summed E-state index contributed by atoms with van der Waals surface area (Å²) in [5.41, 5.74) is 5.75. The molecular formula is C16H24ClN3O2. The van der Waals surface area contributed by atoms with Crippen LogP contribution in [0.15, 0.2) is 24.3 Å². The molecule has 0 aliphatic heterocycles. The van der Waals surface area contributed by atoms with Gasteiger partial charge in [0.05, 0.1) is 5.41 Å². The van der Waals surface area contributed by atoms with E-state index in [2.05, 4.69) is 10.6 Å². The van der Waals surface area contributed by atoms with Gasteiger partial charge >= 0.3 is 0 Å². The van der Waals surface area contributed by atoms with Gasteiger partial charge in [-0.2, -0.15) is 0 Å². The molecule has 0 atom stereocenters. The number of carbonyl (C=O) groups excluding carboxylic acids is 2. The number of hydrogen-bond donors (Lipinski definition) is 3. The van der Waals surface area contributed by atoms with E-state index >= 15 is 0 Å². The fourth-order valence-electron chi connectivity index (χ4n) is 2.20. The molecule has 2 amide bonds. The second kappa shape index (κ2) is 8.76. The highest BCUT2D eigenvalue weighted by molar-refractivity contribution is 6.30. The summed E-state index contributed by atoms with van der Waals surface area (Å²) >= 11 is 5.77. The second-order valence-electron chi connectivity index (χ2n) is 5.21. The first-order valence-electron chi connectivity index (χ1n) is 7.51. The molecule has 0 aliphatic carbocycles. The van der Waals surface area contributed by atoms with Gasteiger partial charge in [-0.15, -0.1) is 0 Å². The van der Waals surface area contributed by atoms with E-state index in [1.807, 2.05) is 13.8 Å². The number of rotatable bonds is 8. The summed E-state index contributed by atoms with van der Waals surface area (Å²) in [6.07, 6.45) is 1.39. The molecule has 0 spiro atoms. The van der Waals surface area contributed by atoms with Crippen molar-refractivity contribution >= 4 is 23.4 Å². The van der Waals surface area contributed by atoms with Crippen LogP contribution in [-0.2, 0) is 4.79 Å². The summed E-state index contributed by atoms with van der Waals surface area (Å²) < 4.78 is 0. The Morgan fingerprint density at radius 2 is 1.64 bits per heavy atom. The zero-order valence-corrected chi connectivity index (χ0v) is 13.9. The third-order valence-electron chi connectivity index (χ3n) is 4.03. The van der Waals surface area contributed by atoms with Gasteiger partial charge in [0.1, 0.15) is 0 Å². The van der Waals surface area contributed by atoms with E-state index in [-0.39, 0.29) is 11.8 Å². The molecule has 4 N–H and O–H groups in total. The first-order chi connectivity index (χ1) is 10.5. The number of nitrogens with two attached hydrogens (primary N) is 1. The van der Waals surface area contributed by atoms with Gasteiger partial charge < -0.3 is 16.4 Å². The second-order valence-corrected chi connectivity index (χ2v) is 5.65. The number of carbonyl (C=O) groups is 2. The van der Waals surface area contributed by atoms with E-state index in [1.165, 1.54) is 0 Å². The zero-order valence-electron chi connectivity index (χ0n) is 13.1. The molecule has 0 bridgehead atoms. The molecule has 122 valence electrons. The Bertz CT molecular complexity index is 490. The average Bonchev–Trinajstić information content (AvgIpc) is 2.54. The van der Waals surface area contributed by atoms with Crippen LogP contribution in [0.3, 0.4) is 0 Å². The smallest absolute Gasteiger partial charge is 0.251 e. The maximum Gasteiger partial charge on any atom is 0.251 e. The van der Waals surface area contributed by atoms with Gasteiger partial charge in [0, 0.05) is 30.2 Å². The van der Waals surface area contributed by atoms with Gasteiger partial charge in [0.2, 0.25) is 5.91 Å². The molecule has 22 heavy (non-hydrogen) atoms. The number of halogens is 1. The van der Waals surface area contributed by atoms with Crippen LogP contribution < -0.4 is 16.4 Å². The number of amides is 2. The fraction of sp³-hybridized carbons (Fsp3) is 0.500. The third-order valence-corrected chi connectivity index (χ3v) is 4.28. The van der Waals surface area contributed by atoms with Crippen molar-refractivity contribution in [2.24, 2.45) is 11.1 Å². The molecule has 0 fully saturated rings. The Hall–Kier alpha value is -1.59. The molecule has 0 heterocycles. The van der Waals surface area contributed by atoms with Crippen molar-refractivity contribution in [1.29, 1.82) is 0 Å². The van der Waals surface area contributed by atoms with Crippen LogP contribution in [0.4, 0.5) is 0 Å². The van der Waals surface area contributed by atoms with Crippen molar-refractivity contribution in [2.45, 2.75) is 26.7 Å². The van der Waals surface area contributed by atoms with Gasteiger partial charge in [-0.1, -0.05) is 25.4 Å². The minimum absolute atomic E-state index is 0.0549. The molecule has 5 nitrogen and oxygen atoms in total.